The minimum Gasteiger partial charge on any atom is -0.354 e. The largest absolute Gasteiger partial charge is 0.416 e. The summed E-state index contributed by atoms with van der Waals surface area (Å²) >= 11 is 18.7. The first-order valence-electron chi connectivity index (χ1n) is 11.5. The van der Waals surface area contributed by atoms with Crippen molar-refractivity contribution in [2.45, 2.75) is 45.5 Å². The number of nitrogens with one attached hydrogen (secondary N) is 1. The SMILES string of the molecule is CCCNC(=O)[C@H](CC)N(Cc1c(Cl)cccc1Cl)C(=O)CN(c1cc(C(F)(F)F)ccc1Cl)S(C)(=O)=O. The van der Waals surface area contributed by atoms with Crippen molar-refractivity contribution < 1.29 is 31.2 Å². The van der Waals surface area contributed by atoms with Crippen molar-refractivity contribution in [3.8, 4) is 0 Å². The standard InChI is InChI=1S/C24H27Cl3F3N3O4S/c1-4-11-31-23(35)20(5-2)32(13-16-17(25)7-6-8-18(16)26)22(34)14-33(38(3,36)37)21-12-15(24(28,29)30)9-10-19(21)27/h6-10,12,20H,4-5,11,13-14H2,1-3H3,(H,31,35)/t20-/m0/s1. The van der Waals surface area contributed by atoms with Crippen LogP contribution in [0.2, 0.25) is 15.1 Å². The van der Waals surface area contributed by atoms with Gasteiger partial charge in [-0.3, -0.25) is 13.9 Å². The van der Waals surface area contributed by atoms with Crippen molar-refractivity contribution in [1.82, 2.24) is 10.2 Å². The molecule has 2 aromatic carbocycles. The zero-order valence-corrected chi connectivity index (χ0v) is 23.9. The molecule has 38 heavy (non-hydrogen) atoms. The van der Waals surface area contributed by atoms with Crippen LogP contribution in [0.5, 0.6) is 0 Å². The Labute approximate surface area is 234 Å². The van der Waals surface area contributed by atoms with Gasteiger partial charge in [-0.1, -0.05) is 54.7 Å². The second kappa shape index (κ2) is 13.2. The number of sulfonamides is 1. The normalized spacial score (nSPS) is 12.7. The third-order valence-corrected chi connectivity index (χ3v) is 7.70. The summed E-state index contributed by atoms with van der Waals surface area (Å²) in [4.78, 5) is 27.7. The fourth-order valence-electron chi connectivity index (χ4n) is 3.61. The van der Waals surface area contributed by atoms with Crippen LogP contribution in [0.4, 0.5) is 18.9 Å². The Morgan fingerprint density at radius 3 is 2.13 bits per heavy atom. The highest BCUT2D eigenvalue weighted by Crippen LogP contribution is 2.36. The van der Waals surface area contributed by atoms with Crippen molar-refractivity contribution in [3.63, 3.8) is 0 Å². The van der Waals surface area contributed by atoms with E-state index in [9.17, 15) is 31.2 Å². The maximum absolute atomic E-state index is 13.7. The molecule has 0 spiro atoms. The number of hydrogen-bond acceptors (Lipinski definition) is 4. The molecule has 0 aliphatic heterocycles. The number of nitrogens with zero attached hydrogens (tertiary/aromatic N) is 2. The molecule has 210 valence electrons. The van der Waals surface area contributed by atoms with Crippen molar-refractivity contribution in [3.05, 3.63) is 62.6 Å². The third kappa shape index (κ3) is 8.14. The number of alkyl halides is 3. The Bertz CT molecular complexity index is 1260. The van der Waals surface area contributed by atoms with Gasteiger partial charge in [-0.25, -0.2) is 8.42 Å². The van der Waals surface area contributed by atoms with Gasteiger partial charge in [-0.05, 0) is 43.2 Å². The summed E-state index contributed by atoms with van der Waals surface area (Å²) in [6.45, 7) is 2.64. The van der Waals surface area contributed by atoms with Gasteiger partial charge < -0.3 is 10.2 Å². The van der Waals surface area contributed by atoms with E-state index in [1.807, 2.05) is 6.92 Å². The number of anilines is 1. The fourth-order valence-corrected chi connectivity index (χ4v) is 5.25. The number of halogens is 6. The zero-order chi connectivity index (χ0) is 28.8. The van der Waals surface area contributed by atoms with Crippen molar-refractivity contribution in [2.75, 3.05) is 23.7 Å². The summed E-state index contributed by atoms with van der Waals surface area (Å²) in [7, 11) is -4.31. The molecule has 0 unspecified atom stereocenters. The quantitative estimate of drug-likeness (QED) is 0.348. The van der Waals surface area contributed by atoms with Crippen LogP contribution in [0.1, 0.15) is 37.8 Å². The summed E-state index contributed by atoms with van der Waals surface area (Å²) < 4.78 is 65.9. The molecule has 0 heterocycles. The Morgan fingerprint density at radius 2 is 1.63 bits per heavy atom. The topological polar surface area (TPSA) is 86.8 Å². The third-order valence-electron chi connectivity index (χ3n) is 5.55. The van der Waals surface area contributed by atoms with Crippen LogP contribution in [-0.2, 0) is 32.3 Å². The van der Waals surface area contributed by atoms with E-state index in [0.29, 0.717) is 35.0 Å². The monoisotopic (exact) mass is 615 g/mol. The van der Waals surface area contributed by atoms with Crippen LogP contribution in [0.15, 0.2) is 36.4 Å². The van der Waals surface area contributed by atoms with Crippen molar-refractivity contribution in [2.24, 2.45) is 0 Å². The molecular formula is C24H27Cl3F3N3O4S. The van der Waals surface area contributed by atoms with Gasteiger partial charge in [0.05, 0.1) is 22.5 Å². The molecule has 2 rings (SSSR count). The highest BCUT2D eigenvalue weighted by molar-refractivity contribution is 7.92. The number of amides is 2. The summed E-state index contributed by atoms with van der Waals surface area (Å²) in [6, 6.07) is 5.76. The number of rotatable bonds is 11. The van der Waals surface area contributed by atoms with Gasteiger partial charge in [0, 0.05) is 28.7 Å². The van der Waals surface area contributed by atoms with Crippen LogP contribution in [0.3, 0.4) is 0 Å². The number of benzene rings is 2. The molecule has 0 fully saturated rings. The lowest BCUT2D eigenvalue weighted by Crippen LogP contribution is -2.52. The van der Waals surface area contributed by atoms with E-state index >= 15 is 0 Å². The highest BCUT2D eigenvalue weighted by atomic mass is 35.5. The maximum atomic E-state index is 13.7. The van der Waals surface area contributed by atoms with E-state index in [2.05, 4.69) is 5.32 Å². The van der Waals surface area contributed by atoms with E-state index in [1.54, 1.807) is 13.0 Å². The maximum Gasteiger partial charge on any atom is 0.416 e. The van der Waals surface area contributed by atoms with E-state index < -0.39 is 51.9 Å². The Morgan fingerprint density at radius 1 is 1.03 bits per heavy atom. The predicted molar refractivity (Wildman–Crippen MR) is 143 cm³/mol. The van der Waals surface area contributed by atoms with Gasteiger partial charge in [0.2, 0.25) is 21.8 Å². The molecule has 0 saturated heterocycles. The molecule has 0 bridgehead atoms. The van der Waals surface area contributed by atoms with Crippen LogP contribution >= 0.6 is 34.8 Å². The summed E-state index contributed by atoms with van der Waals surface area (Å²) in [6.07, 6.45) is -3.28. The van der Waals surface area contributed by atoms with Crippen molar-refractivity contribution in [1.29, 1.82) is 0 Å². The fraction of sp³-hybridized carbons (Fsp3) is 0.417. The number of hydrogen-bond donors (Lipinski definition) is 1. The second-order valence-electron chi connectivity index (χ2n) is 8.37. The number of carbonyl (C=O) groups is 2. The van der Waals surface area contributed by atoms with Crippen molar-refractivity contribution >= 4 is 62.3 Å². The lowest BCUT2D eigenvalue weighted by atomic mass is 10.1. The molecule has 1 N–H and O–H groups in total. The predicted octanol–water partition coefficient (Wildman–Crippen LogP) is 5.77. The Hall–Kier alpha value is -2.21. The lowest BCUT2D eigenvalue weighted by Gasteiger charge is -2.33. The summed E-state index contributed by atoms with van der Waals surface area (Å²) in [5.74, 6) is -1.37. The van der Waals surface area contributed by atoms with Crippen LogP contribution in [0, 0.1) is 0 Å². The molecule has 0 radical (unpaired) electrons. The van der Waals surface area contributed by atoms with Crippen LogP contribution in [-0.4, -0.2) is 50.5 Å². The molecule has 0 aromatic heterocycles. The minimum absolute atomic E-state index is 0.145. The van der Waals surface area contributed by atoms with Gasteiger partial charge in [0.25, 0.3) is 0 Å². The highest BCUT2D eigenvalue weighted by Gasteiger charge is 2.35. The minimum atomic E-state index is -4.79. The average Bonchev–Trinajstić information content (AvgIpc) is 2.81. The van der Waals surface area contributed by atoms with E-state index in [-0.39, 0.29) is 28.0 Å². The molecule has 0 aliphatic carbocycles. The first kappa shape index (κ1) is 32.0. The molecule has 0 aliphatic rings. The molecule has 2 aromatic rings. The van der Waals surface area contributed by atoms with Gasteiger partial charge in [-0.15, -0.1) is 0 Å². The Balaban J connectivity index is 2.59. The van der Waals surface area contributed by atoms with Crippen LogP contribution in [0.25, 0.3) is 0 Å². The first-order valence-corrected chi connectivity index (χ1v) is 14.4. The molecule has 0 saturated carbocycles. The van der Waals surface area contributed by atoms with E-state index in [1.165, 1.54) is 12.1 Å². The Kier molecular flexibility index (Phi) is 11.1. The molecule has 14 heteroatoms. The smallest absolute Gasteiger partial charge is 0.354 e. The molecular weight excluding hydrogens is 590 g/mol. The van der Waals surface area contributed by atoms with Crippen LogP contribution < -0.4 is 9.62 Å². The average molecular weight is 617 g/mol. The lowest BCUT2D eigenvalue weighted by molar-refractivity contribution is -0.140. The molecule has 7 nitrogen and oxygen atoms in total. The van der Waals surface area contributed by atoms with Gasteiger partial charge >= 0.3 is 6.18 Å². The first-order chi connectivity index (χ1) is 17.6. The summed E-state index contributed by atoms with van der Waals surface area (Å²) in [5.41, 5.74) is -1.37. The zero-order valence-electron chi connectivity index (χ0n) is 20.8. The van der Waals surface area contributed by atoms with Gasteiger partial charge in [0.1, 0.15) is 12.6 Å². The van der Waals surface area contributed by atoms with Gasteiger partial charge in [-0.2, -0.15) is 13.2 Å². The molecule has 2 amide bonds. The number of carbonyl (C=O) groups excluding carboxylic acids is 2. The second-order valence-corrected chi connectivity index (χ2v) is 11.5. The van der Waals surface area contributed by atoms with Gasteiger partial charge in [0.15, 0.2) is 0 Å². The van der Waals surface area contributed by atoms with E-state index in [0.717, 1.165) is 17.2 Å². The van der Waals surface area contributed by atoms with E-state index in [4.69, 9.17) is 34.8 Å². The summed E-state index contributed by atoms with van der Waals surface area (Å²) in [5, 5.41) is 2.81. The molecule has 1 atom stereocenters.